The molecule has 0 atom stereocenters. The zero-order chi connectivity index (χ0) is 9.23. The molecule has 0 aromatic rings. The van der Waals surface area contributed by atoms with E-state index in [0.717, 1.165) is 24.5 Å². The summed E-state index contributed by atoms with van der Waals surface area (Å²) in [6.07, 6.45) is 1.04. The van der Waals surface area contributed by atoms with Crippen molar-refractivity contribution < 1.29 is 9.63 Å². The average Bonchev–Trinajstić information content (AvgIpc) is 2.02. The lowest BCUT2D eigenvalue weighted by atomic mass is 10.5. The minimum Gasteiger partial charge on any atom is -0.368 e. The zero-order valence-electron chi connectivity index (χ0n) is 7.34. The first kappa shape index (κ1) is 11.7. The summed E-state index contributed by atoms with van der Waals surface area (Å²) in [5, 5.41) is 0. The largest absolute Gasteiger partial charge is 0.368 e. The van der Waals surface area contributed by atoms with Crippen molar-refractivity contribution >= 4 is 17.7 Å². The number of primary amides is 1. The first-order valence-corrected chi connectivity index (χ1v) is 5.13. The van der Waals surface area contributed by atoms with Crippen LogP contribution < -0.4 is 11.2 Å². The molecule has 0 aliphatic heterocycles. The molecule has 0 fully saturated rings. The molecule has 12 heavy (non-hydrogen) atoms. The minimum atomic E-state index is -0.453. The highest BCUT2D eigenvalue weighted by Crippen LogP contribution is 1.99. The third-order valence-electron chi connectivity index (χ3n) is 1.09. The standard InChI is InChI=1S/C7H16N2O2S/c1-2-12-5-3-4-9-11-6-7(8)10/h9H,2-6H2,1H3,(H2,8,10). The van der Waals surface area contributed by atoms with Crippen LogP contribution in [0.2, 0.25) is 0 Å². The van der Waals surface area contributed by atoms with Gasteiger partial charge in [-0.15, -0.1) is 0 Å². The SMILES string of the molecule is CCSCCCNOCC(N)=O. The van der Waals surface area contributed by atoms with Gasteiger partial charge in [0.2, 0.25) is 5.91 Å². The molecule has 0 unspecified atom stereocenters. The molecule has 4 nitrogen and oxygen atoms in total. The third-order valence-corrected chi connectivity index (χ3v) is 2.07. The fraction of sp³-hybridized carbons (Fsp3) is 0.857. The molecule has 0 rings (SSSR count). The second-order valence-corrected chi connectivity index (χ2v) is 3.59. The number of hydroxylamine groups is 1. The van der Waals surface area contributed by atoms with Crippen LogP contribution >= 0.6 is 11.8 Å². The van der Waals surface area contributed by atoms with Crippen LogP contribution in [0.1, 0.15) is 13.3 Å². The quantitative estimate of drug-likeness (QED) is 0.424. The molecule has 0 saturated heterocycles. The van der Waals surface area contributed by atoms with E-state index >= 15 is 0 Å². The van der Waals surface area contributed by atoms with Gasteiger partial charge in [0, 0.05) is 6.54 Å². The lowest BCUT2D eigenvalue weighted by molar-refractivity contribution is -0.125. The smallest absolute Gasteiger partial charge is 0.245 e. The van der Waals surface area contributed by atoms with Crippen molar-refractivity contribution in [2.24, 2.45) is 5.73 Å². The first-order valence-electron chi connectivity index (χ1n) is 3.98. The zero-order valence-corrected chi connectivity index (χ0v) is 8.15. The van der Waals surface area contributed by atoms with Crippen molar-refractivity contribution in [2.45, 2.75) is 13.3 Å². The van der Waals surface area contributed by atoms with E-state index < -0.39 is 5.91 Å². The number of amides is 1. The highest BCUT2D eigenvalue weighted by atomic mass is 32.2. The van der Waals surface area contributed by atoms with Crippen LogP contribution in [-0.4, -0.2) is 30.6 Å². The molecule has 72 valence electrons. The maximum absolute atomic E-state index is 10.2. The molecule has 0 aliphatic rings. The van der Waals surface area contributed by atoms with E-state index in [0.29, 0.717) is 0 Å². The maximum Gasteiger partial charge on any atom is 0.245 e. The Hall–Kier alpha value is -0.260. The van der Waals surface area contributed by atoms with Crippen molar-refractivity contribution in [1.29, 1.82) is 0 Å². The van der Waals surface area contributed by atoms with Crippen molar-refractivity contribution in [3.05, 3.63) is 0 Å². The van der Waals surface area contributed by atoms with Gasteiger partial charge in [0.25, 0.3) is 0 Å². The summed E-state index contributed by atoms with van der Waals surface area (Å²) < 4.78 is 0. The topological polar surface area (TPSA) is 64.3 Å². The summed E-state index contributed by atoms with van der Waals surface area (Å²) in [5.74, 6) is 1.80. The number of nitrogens with two attached hydrogens (primary N) is 1. The number of thioether (sulfide) groups is 1. The molecule has 0 bridgehead atoms. The van der Waals surface area contributed by atoms with Gasteiger partial charge in [0.1, 0.15) is 6.61 Å². The van der Waals surface area contributed by atoms with E-state index in [9.17, 15) is 4.79 Å². The summed E-state index contributed by atoms with van der Waals surface area (Å²) in [6, 6.07) is 0. The summed E-state index contributed by atoms with van der Waals surface area (Å²) in [6.45, 7) is 2.84. The molecular weight excluding hydrogens is 176 g/mol. The molecule has 0 heterocycles. The van der Waals surface area contributed by atoms with Crippen molar-refractivity contribution in [3.8, 4) is 0 Å². The van der Waals surface area contributed by atoms with E-state index in [1.807, 2.05) is 11.8 Å². The highest BCUT2D eigenvalue weighted by molar-refractivity contribution is 7.99. The van der Waals surface area contributed by atoms with Gasteiger partial charge in [-0.3, -0.25) is 9.63 Å². The predicted molar refractivity (Wildman–Crippen MR) is 50.8 cm³/mol. The van der Waals surface area contributed by atoms with Gasteiger partial charge in [-0.2, -0.15) is 11.8 Å². The Bertz CT molecular complexity index is 122. The fourth-order valence-electron chi connectivity index (χ4n) is 0.585. The number of carbonyl (C=O) groups is 1. The van der Waals surface area contributed by atoms with E-state index in [4.69, 9.17) is 10.6 Å². The van der Waals surface area contributed by atoms with Crippen molar-refractivity contribution in [1.82, 2.24) is 5.48 Å². The number of nitrogens with one attached hydrogen (secondary N) is 1. The van der Waals surface area contributed by atoms with Crippen LogP contribution in [0.25, 0.3) is 0 Å². The van der Waals surface area contributed by atoms with Gasteiger partial charge < -0.3 is 5.73 Å². The van der Waals surface area contributed by atoms with E-state index in [-0.39, 0.29) is 6.61 Å². The van der Waals surface area contributed by atoms with Crippen LogP contribution in [0.15, 0.2) is 0 Å². The molecule has 3 N–H and O–H groups in total. The Morgan fingerprint density at radius 2 is 2.42 bits per heavy atom. The summed E-state index contributed by atoms with van der Waals surface area (Å²) in [7, 11) is 0. The van der Waals surface area contributed by atoms with Gasteiger partial charge in [-0.25, -0.2) is 5.48 Å². The molecule has 0 aromatic heterocycles. The van der Waals surface area contributed by atoms with Gasteiger partial charge >= 0.3 is 0 Å². The van der Waals surface area contributed by atoms with E-state index in [1.54, 1.807) is 0 Å². The van der Waals surface area contributed by atoms with Gasteiger partial charge in [0.05, 0.1) is 0 Å². The van der Waals surface area contributed by atoms with Crippen molar-refractivity contribution in [3.63, 3.8) is 0 Å². The van der Waals surface area contributed by atoms with E-state index in [2.05, 4.69) is 12.4 Å². The van der Waals surface area contributed by atoms with Crippen molar-refractivity contribution in [2.75, 3.05) is 24.7 Å². The highest BCUT2D eigenvalue weighted by Gasteiger charge is 1.92. The Balaban J connectivity index is 2.86. The fourth-order valence-corrected chi connectivity index (χ4v) is 1.22. The molecule has 0 aliphatic carbocycles. The Morgan fingerprint density at radius 3 is 3.00 bits per heavy atom. The minimum absolute atomic E-state index is 0.0546. The second kappa shape index (κ2) is 8.83. The number of hydrogen-bond donors (Lipinski definition) is 2. The van der Waals surface area contributed by atoms with Crippen LogP contribution in [-0.2, 0) is 9.63 Å². The number of rotatable bonds is 8. The lowest BCUT2D eigenvalue weighted by Crippen LogP contribution is -2.25. The van der Waals surface area contributed by atoms with E-state index in [1.165, 1.54) is 0 Å². The Morgan fingerprint density at radius 1 is 1.67 bits per heavy atom. The van der Waals surface area contributed by atoms with Crippen LogP contribution in [0.3, 0.4) is 0 Å². The normalized spacial score (nSPS) is 10.1. The molecule has 5 heteroatoms. The molecule has 0 radical (unpaired) electrons. The average molecular weight is 192 g/mol. The number of hydrogen-bond acceptors (Lipinski definition) is 4. The Kier molecular flexibility index (Phi) is 8.64. The van der Waals surface area contributed by atoms with Gasteiger partial charge in [-0.1, -0.05) is 6.92 Å². The molecule has 1 amide bonds. The maximum atomic E-state index is 10.2. The van der Waals surface area contributed by atoms with Crippen LogP contribution in [0.5, 0.6) is 0 Å². The third kappa shape index (κ3) is 9.74. The molecule has 0 saturated carbocycles. The number of carbonyl (C=O) groups excluding carboxylic acids is 1. The first-order chi connectivity index (χ1) is 5.77. The summed E-state index contributed by atoms with van der Waals surface area (Å²) >= 11 is 1.89. The summed E-state index contributed by atoms with van der Waals surface area (Å²) in [5.41, 5.74) is 7.51. The molecule has 0 spiro atoms. The van der Waals surface area contributed by atoms with Crippen LogP contribution in [0, 0.1) is 0 Å². The van der Waals surface area contributed by atoms with Gasteiger partial charge in [-0.05, 0) is 17.9 Å². The molecule has 0 aromatic carbocycles. The monoisotopic (exact) mass is 192 g/mol. The molecular formula is C7H16N2O2S. The Labute approximate surface area is 77.2 Å². The predicted octanol–water partition coefficient (Wildman–Crippen LogP) is 0.136. The summed E-state index contributed by atoms with van der Waals surface area (Å²) in [4.78, 5) is 14.9. The van der Waals surface area contributed by atoms with Crippen LogP contribution in [0.4, 0.5) is 0 Å². The lowest BCUT2D eigenvalue weighted by Gasteiger charge is -2.02. The second-order valence-electron chi connectivity index (χ2n) is 2.20. The van der Waals surface area contributed by atoms with Gasteiger partial charge in [0.15, 0.2) is 0 Å².